The number of hydrogen-bond donors (Lipinski definition) is 0. The van der Waals surface area contributed by atoms with Crippen molar-refractivity contribution in [3.05, 3.63) is 18.5 Å². The molecule has 0 radical (unpaired) electrons. The number of thioether (sulfide) groups is 1. The Labute approximate surface area is 98.0 Å². The van der Waals surface area contributed by atoms with Gasteiger partial charge >= 0.3 is 0 Å². The van der Waals surface area contributed by atoms with Gasteiger partial charge in [0.1, 0.15) is 0 Å². The van der Waals surface area contributed by atoms with Gasteiger partial charge in [-0.2, -0.15) is 5.10 Å². The van der Waals surface area contributed by atoms with E-state index in [4.69, 9.17) is 0 Å². The zero-order chi connectivity index (χ0) is 11.4. The van der Waals surface area contributed by atoms with Crippen molar-refractivity contribution in [1.29, 1.82) is 0 Å². The molecule has 0 atom stereocenters. The molecule has 2 heterocycles. The van der Waals surface area contributed by atoms with Crippen molar-refractivity contribution in [3.63, 3.8) is 0 Å². The van der Waals surface area contributed by atoms with Gasteiger partial charge in [-0.1, -0.05) is 25.6 Å². The van der Waals surface area contributed by atoms with Crippen molar-refractivity contribution >= 4 is 11.8 Å². The predicted octanol–water partition coefficient (Wildman–Crippen LogP) is 1.28. The van der Waals surface area contributed by atoms with Gasteiger partial charge in [0.05, 0.1) is 5.88 Å². The molecule has 2 rings (SSSR count). The highest BCUT2D eigenvalue weighted by Crippen LogP contribution is 2.16. The third-order valence-electron chi connectivity index (χ3n) is 1.92. The normalized spacial score (nSPS) is 11.2. The summed E-state index contributed by atoms with van der Waals surface area (Å²) in [4.78, 5) is 0. The van der Waals surface area contributed by atoms with Crippen molar-refractivity contribution in [2.75, 3.05) is 0 Å². The Kier molecular flexibility index (Phi) is 3.55. The lowest BCUT2D eigenvalue weighted by molar-refractivity contribution is 0.445. The summed E-state index contributed by atoms with van der Waals surface area (Å²) in [6.07, 6.45) is 3.68. The minimum atomic E-state index is 0.535. The molecule has 6 nitrogen and oxygen atoms in total. The number of hydrogen-bond acceptors (Lipinski definition) is 5. The number of tetrazole rings is 1. The molecule has 0 fully saturated rings. The molecular formula is C9H14N6S. The second-order valence-electron chi connectivity index (χ2n) is 3.86. The van der Waals surface area contributed by atoms with Crippen LogP contribution < -0.4 is 0 Å². The Morgan fingerprint density at radius 1 is 1.44 bits per heavy atom. The van der Waals surface area contributed by atoms with E-state index in [2.05, 4.69) is 34.5 Å². The van der Waals surface area contributed by atoms with Crippen LogP contribution >= 0.6 is 11.8 Å². The minimum Gasteiger partial charge on any atom is -0.262 e. The fraction of sp³-hybridized carbons (Fsp3) is 0.556. The Morgan fingerprint density at radius 2 is 2.31 bits per heavy atom. The van der Waals surface area contributed by atoms with Crippen LogP contribution in [0, 0.1) is 5.92 Å². The van der Waals surface area contributed by atoms with Crippen LogP contribution in [0.1, 0.15) is 13.8 Å². The van der Waals surface area contributed by atoms with E-state index in [9.17, 15) is 0 Å². The van der Waals surface area contributed by atoms with Crippen molar-refractivity contribution in [2.45, 2.75) is 31.4 Å². The molecule has 86 valence electrons. The van der Waals surface area contributed by atoms with Crippen LogP contribution in [0.5, 0.6) is 0 Å². The Morgan fingerprint density at radius 3 is 3.00 bits per heavy atom. The molecule has 0 amide bonds. The van der Waals surface area contributed by atoms with Crippen LogP contribution in [0.4, 0.5) is 0 Å². The van der Waals surface area contributed by atoms with E-state index >= 15 is 0 Å². The maximum atomic E-state index is 4.12. The summed E-state index contributed by atoms with van der Waals surface area (Å²) in [7, 11) is 0. The van der Waals surface area contributed by atoms with Gasteiger partial charge in [-0.25, -0.2) is 4.68 Å². The fourth-order valence-corrected chi connectivity index (χ4v) is 2.02. The van der Waals surface area contributed by atoms with E-state index in [0.717, 1.165) is 17.6 Å². The first-order valence-electron chi connectivity index (χ1n) is 5.12. The lowest BCUT2D eigenvalue weighted by Gasteiger charge is -2.06. The van der Waals surface area contributed by atoms with Crippen molar-refractivity contribution in [3.8, 4) is 0 Å². The van der Waals surface area contributed by atoms with Crippen molar-refractivity contribution in [2.24, 2.45) is 5.92 Å². The quantitative estimate of drug-likeness (QED) is 0.734. The topological polar surface area (TPSA) is 61.4 Å². The third kappa shape index (κ3) is 2.82. The van der Waals surface area contributed by atoms with Gasteiger partial charge in [0.15, 0.2) is 0 Å². The smallest absolute Gasteiger partial charge is 0.211 e. The summed E-state index contributed by atoms with van der Waals surface area (Å²) in [5.41, 5.74) is 0. The highest BCUT2D eigenvalue weighted by atomic mass is 32.2. The zero-order valence-corrected chi connectivity index (χ0v) is 10.1. The summed E-state index contributed by atoms with van der Waals surface area (Å²) in [6.45, 7) is 5.13. The molecule has 2 aromatic heterocycles. The van der Waals surface area contributed by atoms with Gasteiger partial charge in [-0.3, -0.25) is 4.68 Å². The monoisotopic (exact) mass is 238 g/mol. The Hall–Kier alpha value is -1.37. The summed E-state index contributed by atoms with van der Waals surface area (Å²) < 4.78 is 3.68. The predicted molar refractivity (Wildman–Crippen MR) is 60.7 cm³/mol. The van der Waals surface area contributed by atoms with E-state index in [1.54, 1.807) is 18.0 Å². The largest absolute Gasteiger partial charge is 0.262 e. The van der Waals surface area contributed by atoms with E-state index in [1.807, 2.05) is 21.6 Å². The SMILES string of the molecule is CC(C)Cn1nnnc1SCn1cccn1. The fourth-order valence-electron chi connectivity index (χ4n) is 1.26. The lowest BCUT2D eigenvalue weighted by atomic mass is 10.2. The lowest BCUT2D eigenvalue weighted by Crippen LogP contribution is -2.08. The second kappa shape index (κ2) is 5.11. The molecular weight excluding hydrogens is 224 g/mol. The highest BCUT2D eigenvalue weighted by Gasteiger charge is 2.08. The molecule has 0 N–H and O–H groups in total. The van der Waals surface area contributed by atoms with Gasteiger partial charge in [-0.15, -0.1) is 5.10 Å². The third-order valence-corrected chi connectivity index (χ3v) is 2.87. The van der Waals surface area contributed by atoms with Crippen molar-refractivity contribution < 1.29 is 0 Å². The zero-order valence-electron chi connectivity index (χ0n) is 9.32. The maximum Gasteiger partial charge on any atom is 0.211 e. The number of aromatic nitrogens is 6. The molecule has 0 bridgehead atoms. The number of nitrogens with zero attached hydrogens (tertiary/aromatic N) is 6. The van der Waals surface area contributed by atoms with Gasteiger partial charge in [0.25, 0.3) is 0 Å². The van der Waals surface area contributed by atoms with E-state index in [0.29, 0.717) is 5.92 Å². The molecule has 7 heteroatoms. The van der Waals surface area contributed by atoms with Crippen LogP contribution in [0.3, 0.4) is 0 Å². The summed E-state index contributed by atoms with van der Waals surface area (Å²) in [6, 6.07) is 1.90. The van der Waals surface area contributed by atoms with Crippen molar-refractivity contribution in [1.82, 2.24) is 30.0 Å². The van der Waals surface area contributed by atoms with Gasteiger partial charge < -0.3 is 0 Å². The Balaban J connectivity index is 1.96. The number of rotatable bonds is 5. The van der Waals surface area contributed by atoms with E-state index in [1.165, 1.54) is 0 Å². The van der Waals surface area contributed by atoms with Crippen LogP contribution in [0.2, 0.25) is 0 Å². The summed E-state index contributed by atoms with van der Waals surface area (Å²) in [5, 5.41) is 16.6. The molecule has 0 aromatic carbocycles. The molecule has 0 aliphatic heterocycles. The molecule has 0 spiro atoms. The van der Waals surface area contributed by atoms with Crippen LogP contribution in [0.15, 0.2) is 23.6 Å². The van der Waals surface area contributed by atoms with Gasteiger partial charge in [0, 0.05) is 18.9 Å². The van der Waals surface area contributed by atoms with Crippen LogP contribution in [0.25, 0.3) is 0 Å². The van der Waals surface area contributed by atoms with Gasteiger partial charge in [0.2, 0.25) is 5.16 Å². The molecule has 0 unspecified atom stereocenters. The van der Waals surface area contributed by atoms with E-state index < -0.39 is 0 Å². The van der Waals surface area contributed by atoms with Crippen LogP contribution in [-0.2, 0) is 12.4 Å². The summed E-state index contributed by atoms with van der Waals surface area (Å²) in [5.74, 6) is 1.26. The molecule has 0 saturated heterocycles. The Bertz CT molecular complexity index is 421. The average molecular weight is 238 g/mol. The first-order valence-corrected chi connectivity index (χ1v) is 6.10. The molecule has 0 aliphatic rings. The molecule has 2 aromatic rings. The van der Waals surface area contributed by atoms with Gasteiger partial charge in [-0.05, 0) is 22.4 Å². The second-order valence-corrected chi connectivity index (χ2v) is 4.77. The summed E-state index contributed by atoms with van der Waals surface area (Å²) >= 11 is 1.58. The standard InChI is InChI=1S/C9H14N6S/c1-8(2)6-15-9(11-12-13-15)16-7-14-5-3-4-10-14/h3-5,8H,6-7H2,1-2H3. The average Bonchev–Trinajstić information content (AvgIpc) is 2.84. The minimum absolute atomic E-state index is 0.535. The van der Waals surface area contributed by atoms with Crippen LogP contribution in [-0.4, -0.2) is 30.0 Å². The van der Waals surface area contributed by atoms with E-state index in [-0.39, 0.29) is 0 Å². The first-order chi connectivity index (χ1) is 7.75. The first kappa shape index (κ1) is 11.1. The maximum absolute atomic E-state index is 4.12. The molecule has 0 aliphatic carbocycles. The molecule has 16 heavy (non-hydrogen) atoms. The highest BCUT2D eigenvalue weighted by molar-refractivity contribution is 7.98. The molecule has 0 saturated carbocycles.